The summed E-state index contributed by atoms with van der Waals surface area (Å²) in [7, 11) is 0. The minimum atomic E-state index is -0.569. The Bertz CT molecular complexity index is 419. The summed E-state index contributed by atoms with van der Waals surface area (Å²) in [5, 5.41) is 10.1. The third kappa shape index (κ3) is 4.29. The number of benzene rings is 1. The molecular formula is C16H24FNO. The van der Waals surface area contributed by atoms with Crippen LogP contribution in [0.2, 0.25) is 0 Å². The van der Waals surface area contributed by atoms with Gasteiger partial charge in [0.2, 0.25) is 0 Å². The van der Waals surface area contributed by atoms with Gasteiger partial charge in [-0.2, -0.15) is 0 Å². The number of hydrogen-bond donors (Lipinski definition) is 1. The van der Waals surface area contributed by atoms with Crippen molar-refractivity contribution >= 4 is 0 Å². The van der Waals surface area contributed by atoms with Crippen LogP contribution in [0.15, 0.2) is 24.3 Å². The predicted octanol–water partition coefficient (Wildman–Crippen LogP) is 3.37. The molecule has 1 heterocycles. The topological polar surface area (TPSA) is 23.5 Å². The van der Waals surface area contributed by atoms with E-state index in [0.717, 1.165) is 19.6 Å². The minimum absolute atomic E-state index is 0.282. The molecule has 1 aromatic rings. The van der Waals surface area contributed by atoms with Crippen LogP contribution in [-0.2, 0) is 0 Å². The first-order valence-corrected chi connectivity index (χ1v) is 7.12. The molecule has 0 aromatic heterocycles. The molecular weight excluding hydrogens is 241 g/mol. The number of aliphatic hydroxyl groups is 1. The number of likely N-dealkylation sites (tertiary alicyclic amines) is 1. The van der Waals surface area contributed by atoms with Gasteiger partial charge in [0.15, 0.2) is 0 Å². The fourth-order valence-corrected chi connectivity index (χ4v) is 2.92. The Balaban J connectivity index is 1.85. The molecule has 0 saturated carbocycles. The summed E-state index contributed by atoms with van der Waals surface area (Å²) in [6.07, 6.45) is 2.60. The van der Waals surface area contributed by atoms with E-state index in [2.05, 4.69) is 18.7 Å². The Morgan fingerprint density at radius 2 is 2.21 bits per heavy atom. The standard InChI is InChI=1S/C16H24FNO/c1-16(2)8-4-9-18(12-16)10-7-15(19)13-5-3-6-14(17)11-13/h3,5-6,11,15,19H,4,7-10,12H2,1-2H3. The van der Waals surface area contributed by atoms with Crippen LogP contribution in [0.5, 0.6) is 0 Å². The molecule has 1 unspecified atom stereocenters. The lowest BCUT2D eigenvalue weighted by atomic mass is 9.84. The van der Waals surface area contributed by atoms with Crippen molar-refractivity contribution in [2.24, 2.45) is 5.41 Å². The van der Waals surface area contributed by atoms with E-state index < -0.39 is 6.10 Å². The molecule has 2 rings (SSSR count). The first-order chi connectivity index (χ1) is 8.96. The molecule has 1 fully saturated rings. The van der Waals surface area contributed by atoms with Gasteiger partial charge in [0.1, 0.15) is 5.82 Å². The summed E-state index contributed by atoms with van der Waals surface area (Å²) in [4.78, 5) is 2.41. The molecule has 3 heteroatoms. The van der Waals surface area contributed by atoms with Gasteiger partial charge in [-0.05, 0) is 48.9 Å². The summed E-state index contributed by atoms with van der Waals surface area (Å²) in [5.41, 5.74) is 1.05. The average molecular weight is 265 g/mol. The van der Waals surface area contributed by atoms with Crippen LogP contribution in [0.3, 0.4) is 0 Å². The van der Waals surface area contributed by atoms with Crippen LogP contribution in [0.25, 0.3) is 0 Å². The number of rotatable bonds is 4. The van der Waals surface area contributed by atoms with Crippen LogP contribution in [-0.4, -0.2) is 29.6 Å². The molecule has 106 valence electrons. The van der Waals surface area contributed by atoms with Crippen molar-refractivity contribution in [3.63, 3.8) is 0 Å². The van der Waals surface area contributed by atoms with Crippen LogP contribution in [0.4, 0.5) is 4.39 Å². The normalized spacial score (nSPS) is 21.3. The molecule has 1 saturated heterocycles. The maximum atomic E-state index is 13.1. The number of piperidine rings is 1. The van der Waals surface area contributed by atoms with Crippen molar-refractivity contribution in [2.45, 2.75) is 39.2 Å². The van der Waals surface area contributed by atoms with Gasteiger partial charge in [-0.1, -0.05) is 26.0 Å². The maximum absolute atomic E-state index is 13.1. The van der Waals surface area contributed by atoms with E-state index in [4.69, 9.17) is 0 Å². The third-order valence-electron chi connectivity index (χ3n) is 3.93. The summed E-state index contributed by atoms with van der Waals surface area (Å²) in [6, 6.07) is 6.26. The Kier molecular flexibility index (Phi) is 4.58. The average Bonchev–Trinajstić information content (AvgIpc) is 2.35. The van der Waals surface area contributed by atoms with Crippen molar-refractivity contribution in [3.8, 4) is 0 Å². The van der Waals surface area contributed by atoms with Crippen molar-refractivity contribution in [2.75, 3.05) is 19.6 Å². The Morgan fingerprint density at radius 1 is 1.42 bits per heavy atom. The van der Waals surface area contributed by atoms with Crippen molar-refractivity contribution in [1.82, 2.24) is 4.90 Å². The summed E-state index contributed by atoms with van der Waals surface area (Å²) < 4.78 is 13.1. The van der Waals surface area contributed by atoms with E-state index in [0.29, 0.717) is 17.4 Å². The lowest BCUT2D eigenvalue weighted by Crippen LogP contribution is -2.40. The fraction of sp³-hybridized carbons (Fsp3) is 0.625. The Labute approximate surface area is 115 Å². The molecule has 0 spiro atoms. The lowest BCUT2D eigenvalue weighted by molar-refractivity contribution is 0.0899. The van der Waals surface area contributed by atoms with Gasteiger partial charge < -0.3 is 10.0 Å². The van der Waals surface area contributed by atoms with Crippen LogP contribution in [0, 0.1) is 11.2 Å². The fourth-order valence-electron chi connectivity index (χ4n) is 2.92. The van der Waals surface area contributed by atoms with Gasteiger partial charge in [-0.3, -0.25) is 0 Å². The molecule has 1 N–H and O–H groups in total. The van der Waals surface area contributed by atoms with E-state index in [9.17, 15) is 9.50 Å². The minimum Gasteiger partial charge on any atom is -0.388 e. The molecule has 1 aliphatic rings. The number of aliphatic hydroxyl groups excluding tert-OH is 1. The smallest absolute Gasteiger partial charge is 0.123 e. The van der Waals surface area contributed by atoms with Gasteiger partial charge in [-0.15, -0.1) is 0 Å². The summed E-state index contributed by atoms with van der Waals surface area (Å²) in [6.45, 7) is 7.66. The van der Waals surface area contributed by atoms with Gasteiger partial charge in [0.25, 0.3) is 0 Å². The second kappa shape index (κ2) is 6.02. The Morgan fingerprint density at radius 3 is 2.89 bits per heavy atom. The molecule has 0 bridgehead atoms. The summed E-state index contributed by atoms with van der Waals surface area (Å²) >= 11 is 0. The zero-order valence-electron chi connectivity index (χ0n) is 11.9. The first kappa shape index (κ1) is 14.5. The highest BCUT2D eigenvalue weighted by atomic mass is 19.1. The molecule has 19 heavy (non-hydrogen) atoms. The van der Waals surface area contributed by atoms with Crippen molar-refractivity contribution in [1.29, 1.82) is 0 Å². The number of halogens is 1. The molecule has 0 aliphatic carbocycles. The largest absolute Gasteiger partial charge is 0.388 e. The molecule has 2 nitrogen and oxygen atoms in total. The zero-order valence-corrected chi connectivity index (χ0v) is 11.9. The van der Waals surface area contributed by atoms with E-state index in [1.54, 1.807) is 12.1 Å². The quantitative estimate of drug-likeness (QED) is 0.902. The first-order valence-electron chi connectivity index (χ1n) is 7.12. The van der Waals surface area contributed by atoms with Crippen molar-refractivity contribution < 1.29 is 9.50 Å². The van der Waals surface area contributed by atoms with E-state index in [1.807, 2.05) is 0 Å². The SMILES string of the molecule is CC1(C)CCCN(CCC(O)c2cccc(F)c2)C1. The highest BCUT2D eigenvalue weighted by Crippen LogP contribution is 2.29. The molecule has 1 aromatic carbocycles. The van der Waals surface area contributed by atoms with E-state index in [1.165, 1.54) is 25.0 Å². The third-order valence-corrected chi connectivity index (χ3v) is 3.93. The number of hydrogen-bond acceptors (Lipinski definition) is 2. The lowest BCUT2D eigenvalue weighted by Gasteiger charge is -2.38. The van der Waals surface area contributed by atoms with Gasteiger partial charge in [0, 0.05) is 13.1 Å². The Hall–Kier alpha value is -0.930. The number of nitrogens with zero attached hydrogens (tertiary/aromatic N) is 1. The second-order valence-electron chi connectivity index (χ2n) is 6.40. The molecule has 1 aliphatic heterocycles. The zero-order chi connectivity index (χ0) is 13.9. The monoisotopic (exact) mass is 265 g/mol. The van der Waals surface area contributed by atoms with E-state index in [-0.39, 0.29) is 5.82 Å². The second-order valence-corrected chi connectivity index (χ2v) is 6.40. The van der Waals surface area contributed by atoms with Crippen molar-refractivity contribution in [3.05, 3.63) is 35.6 Å². The van der Waals surface area contributed by atoms with Gasteiger partial charge >= 0.3 is 0 Å². The van der Waals surface area contributed by atoms with Gasteiger partial charge in [0.05, 0.1) is 6.10 Å². The highest BCUT2D eigenvalue weighted by Gasteiger charge is 2.26. The van der Waals surface area contributed by atoms with Crippen LogP contribution < -0.4 is 0 Å². The van der Waals surface area contributed by atoms with Gasteiger partial charge in [-0.25, -0.2) is 4.39 Å². The van der Waals surface area contributed by atoms with Crippen LogP contribution in [0.1, 0.15) is 44.8 Å². The molecule has 0 radical (unpaired) electrons. The van der Waals surface area contributed by atoms with E-state index >= 15 is 0 Å². The highest BCUT2D eigenvalue weighted by molar-refractivity contribution is 5.18. The predicted molar refractivity (Wildman–Crippen MR) is 75.4 cm³/mol. The maximum Gasteiger partial charge on any atom is 0.123 e. The molecule has 1 atom stereocenters. The van der Waals surface area contributed by atoms with Crippen LogP contribution >= 0.6 is 0 Å². The summed E-state index contributed by atoms with van der Waals surface area (Å²) in [5.74, 6) is -0.282. The molecule has 0 amide bonds.